The molecule has 7 atom stereocenters. The Morgan fingerprint density at radius 2 is 1.71 bits per heavy atom. The van der Waals surface area contributed by atoms with Crippen LogP contribution in [0.2, 0.25) is 0 Å². The molecular weight excluding hydrogens is 480 g/mol. The van der Waals surface area contributed by atoms with E-state index in [2.05, 4.69) is 36.3 Å². The van der Waals surface area contributed by atoms with Gasteiger partial charge in [-0.1, -0.05) is 45.8 Å². The summed E-state index contributed by atoms with van der Waals surface area (Å²) in [6.07, 6.45) is 6.42. The number of nitrogens with zero attached hydrogens (tertiary/aromatic N) is 2. The lowest BCUT2D eigenvalue weighted by molar-refractivity contribution is -0.143. The molecule has 1 saturated heterocycles. The molecule has 0 bridgehead atoms. The Morgan fingerprint density at radius 1 is 1.05 bits per heavy atom. The molecule has 1 aromatic rings. The van der Waals surface area contributed by atoms with Crippen LogP contribution in [0.3, 0.4) is 0 Å². The largest absolute Gasteiger partial charge is 0.394 e. The highest BCUT2D eigenvalue weighted by Gasteiger charge is 2.58. The Labute approximate surface area is 227 Å². The molecular formula is C30H46N4O4. The minimum absolute atomic E-state index is 0.0124. The molecule has 2 aliphatic rings. The number of carbonyl (C=O) groups excluding carboxylic acids is 3. The van der Waals surface area contributed by atoms with Crippen LogP contribution in [0, 0.1) is 29.6 Å². The van der Waals surface area contributed by atoms with Gasteiger partial charge in [-0.2, -0.15) is 0 Å². The summed E-state index contributed by atoms with van der Waals surface area (Å²) in [5, 5.41) is 16.2. The number of nitrogens with one attached hydrogen (secondary N) is 2. The maximum Gasteiger partial charge on any atom is 0.247 e. The van der Waals surface area contributed by atoms with E-state index in [9.17, 15) is 19.5 Å². The third-order valence-electron chi connectivity index (χ3n) is 8.60. The normalized spacial score (nSPS) is 26.0. The highest BCUT2D eigenvalue weighted by Crippen LogP contribution is 2.46. The van der Waals surface area contributed by atoms with Gasteiger partial charge in [-0.25, -0.2) is 0 Å². The topological polar surface area (TPSA) is 102 Å². The zero-order valence-corrected chi connectivity index (χ0v) is 23.8. The van der Waals surface area contributed by atoms with Crippen LogP contribution >= 0.6 is 0 Å². The molecule has 0 spiro atoms. The van der Waals surface area contributed by atoms with Crippen molar-refractivity contribution in [2.24, 2.45) is 29.6 Å². The van der Waals surface area contributed by atoms with Gasteiger partial charge in [0.25, 0.3) is 0 Å². The number of aliphatic hydroxyl groups is 1. The van der Waals surface area contributed by atoms with Gasteiger partial charge in [0.15, 0.2) is 0 Å². The first-order valence-electron chi connectivity index (χ1n) is 14.3. The Bertz CT molecular complexity index is 990. The van der Waals surface area contributed by atoms with Gasteiger partial charge in [0.2, 0.25) is 17.7 Å². The summed E-state index contributed by atoms with van der Waals surface area (Å²) in [6.45, 7) is 11.8. The van der Waals surface area contributed by atoms with Crippen LogP contribution in [0.5, 0.6) is 0 Å². The molecule has 1 aliphatic heterocycles. The van der Waals surface area contributed by atoms with Crippen molar-refractivity contribution in [1.29, 1.82) is 0 Å². The molecule has 1 fully saturated rings. The Morgan fingerprint density at radius 3 is 2.24 bits per heavy atom. The monoisotopic (exact) mass is 526 g/mol. The van der Waals surface area contributed by atoms with E-state index in [1.807, 2.05) is 50.3 Å². The van der Waals surface area contributed by atoms with Crippen LogP contribution in [0.1, 0.15) is 53.9 Å². The van der Waals surface area contributed by atoms with E-state index in [0.717, 1.165) is 38.0 Å². The molecule has 3 rings (SSSR count). The number of rotatable bonds is 12. The van der Waals surface area contributed by atoms with Crippen molar-refractivity contribution in [1.82, 2.24) is 10.2 Å². The van der Waals surface area contributed by atoms with Gasteiger partial charge in [-0.05, 0) is 56.4 Å². The van der Waals surface area contributed by atoms with Crippen LogP contribution in [-0.2, 0) is 14.4 Å². The van der Waals surface area contributed by atoms with Crippen molar-refractivity contribution in [2.75, 3.05) is 37.0 Å². The van der Waals surface area contributed by atoms with Gasteiger partial charge >= 0.3 is 0 Å². The summed E-state index contributed by atoms with van der Waals surface area (Å²) in [5.41, 5.74) is 1.73. The van der Waals surface area contributed by atoms with Crippen molar-refractivity contribution >= 4 is 29.1 Å². The number of allylic oxidation sites excluding steroid dienone is 1. The molecule has 0 unspecified atom stereocenters. The predicted molar refractivity (Wildman–Crippen MR) is 152 cm³/mol. The molecule has 38 heavy (non-hydrogen) atoms. The molecule has 3 amide bonds. The van der Waals surface area contributed by atoms with E-state index in [0.29, 0.717) is 5.69 Å². The van der Waals surface area contributed by atoms with Crippen LogP contribution in [-0.4, -0.2) is 66.6 Å². The molecule has 1 aliphatic carbocycles. The second-order valence-electron chi connectivity index (χ2n) is 10.6. The van der Waals surface area contributed by atoms with E-state index < -0.39 is 29.8 Å². The standard InChI is InChI=1S/C30H46N4O4/c1-7-11-20-12-17-23-26(25(20)28(36)31-6)30(38)34(24(18-35)19(5)8-2)27(23)29(37)32-21-13-15-22(16-14-21)33(9-3)10-4/h12-17,19-20,23-27,35H,7-11,18H2,1-6H3,(H,31,36)(H,32,37)/t19-,20+,23-,24-,25+,26+,27-/m0/s1. The molecule has 8 nitrogen and oxygen atoms in total. The van der Waals surface area contributed by atoms with Gasteiger partial charge in [0.1, 0.15) is 6.04 Å². The fraction of sp³-hybridized carbons (Fsp3) is 0.633. The number of benzene rings is 1. The number of likely N-dealkylation sites (tertiary alicyclic amines) is 1. The number of hydrogen-bond acceptors (Lipinski definition) is 5. The second kappa shape index (κ2) is 13.3. The summed E-state index contributed by atoms with van der Waals surface area (Å²) in [7, 11) is 1.59. The van der Waals surface area contributed by atoms with E-state index in [1.165, 1.54) is 0 Å². The van der Waals surface area contributed by atoms with Crippen LogP contribution in [0.4, 0.5) is 11.4 Å². The summed E-state index contributed by atoms with van der Waals surface area (Å²) in [6, 6.07) is 6.40. The third-order valence-corrected chi connectivity index (χ3v) is 8.60. The zero-order valence-electron chi connectivity index (χ0n) is 23.8. The first-order valence-corrected chi connectivity index (χ1v) is 14.3. The summed E-state index contributed by atoms with van der Waals surface area (Å²) in [4.78, 5) is 45.0. The van der Waals surface area contributed by atoms with Gasteiger partial charge in [0, 0.05) is 37.4 Å². The number of aliphatic hydroxyl groups excluding tert-OH is 1. The van der Waals surface area contributed by atoms with Crippen LogP contribution in [0.25, 0.3) is 0 Å². The fourth-order valence-electron chi connectivity index (χ4n) is 6.31. The number of hydrogen-bond donors (Lipinski definition) is 3. The first kappa shape index (κ1) is 29.7. The van der Waals surface area contributed by atoms with E-state index in [4.69, 9.17) is 0 Å². The lowest BCUT2D eigenvalue weighted by Gasteiger charge is -2.36. The van der Waals surface area contributed by atoms with Crippen molar-refractivity contribution < 1.29 is 19.5 Å². The maximum absolute atomic E-state index is 14.1. The first-order chi connectivity index (χ1) is 18.3. The Kier molecular flexibility index (Phi) is 10.4. The molecule has 0 radical (unpaired) electrons. The lowest BCUT2D eigenvalue weighted by atomic mass is 9.68. The quantitative estimate of drug-likeness (QED) is 0.361. The SMILES string of the molecule is CCC[C@@H]1C=C[C@H]2[C@@H](C(=O)N([C@@H](CO)[C@@H](C)CC)[C@@H]2C(=O)Nc2ccc(N(CC)CC)cc2)[C@@H]1C(=O)NC. The minimum Gasteiger partial charge on any atom is -0.394 e. The molecule has 0 aromatic heterocycles. The summed E-state index contributed by atoms with van der Waals surface area (Å²) >= 11 is 0. The van der Waals surface area contributed by atoms with Gasteiger partial charge in [0.05, 0.1) is 24.5 Å². The fourth-order valence-corrected chi connectivity index (χ4v) is 6.31. The van der Waals surface area contributed by atoms with Crippen molar-refractivity contribution in [3.05, 3.63) is 36.4 Å². The van der Waals surface area contributed by atoms with E-state index in [-0.39, 0.29) is 36.2 Å². The number of carbonyl (C=O) groups is 3. The molecule has 1 aromatic carbocycles. The minimum atomic E-state index is -0.813. The second-order valence-corrected chi connectivity index (χ2v) is 10.6. The lowest BCUT2D eigenvalue weighted by Crippen LogP contribution is -2.52. The molecule has 210 valence electrons. The maximum atomic E-state index is 14.1. The molecule has 3 N–H and O–H groups in total. The van der Waals surface area contributed by atoms with Gasteiger partial charge < -0.3 is 25.5 Å². The van der Waals surface area contributed by atoms with Crippen molar-refractivity contribution in [3.8, 4) is 0 Å². The van der Waals surface area contributed by atoms with E-state index in [1.54, 1.807) is 11.9 Å². The Balaban J connectivity index is 2.01. The van der Waals surface area contributed by atoms with Crippen molar-refractivity contribution in [3.63, 3.8) is 0 Å². The number of fused-ring (bicyclic) bond motifs is 1. The highest BCUT2D eigenvalue weighted by atomic mass is 16.3. The smallest absolute Gasteiger partial charge is 0.247 e. The average molecular weight is 527 g/mol. The van der Waals surface area contributed by atoms with Crippen LogP contribution in [0.15, 0.2) is 36.4 Å². The van der Waals surface area contributed by atoms with Crippen LogP contribution < -0.4 is 15.5 Å². The van der Waals surface area contributed by atoms with Crippen molar-refractivity contribution in [2.45, 2.75) is 66.0 Å². The number of anilines is 2. The van der Waals surface area contributed by atoms with E-state index >= 15 is 0 Å². The summed E-state index contributed by atoms with van der Waals surface area (Å²) < 4.78 is 0. The average Bonchev–Trinajstić information content (AvgIpc) is 3.22. The molecule has 8 heteroatoms. The van der Waals surface area contributed by atoms with Gasteiger partial charge in [-0.15, -0.1) is 0 Å². The zero-order chi connectivity index (χ0) is 28.0. The molecule has 1 heterocycles. The number of amides is 3. The molecule has 0 saturated carbocycles. The highest BCUT2D eigenvalue weighted by molar-refractivity contribution is 6.02. The Hall–Kier alpha value is -2.87. The summed E-state index contributed by atoms with van der Waals surface area (Å²) in [5.74, 6) is -2.41. The van der Waals surface area contributed by atoms with Gasteiger partial charge in [-0.3, -0.25) is 14.4 Å². The third kappa shape index (κ3) is 5.75. The predicted octanol–water partition coefficient (Wildman–Crippen LogP) is 3.67.